The summed E-state index contributed by atoms with van der Waals surface area (Å²) in [4.78, 5) is 17.7. The van der Waals surface area contributed by atoms with E-state index in [9.17, 15) is 4.79 Å². The van der Waals surface area contributed by atoms with Crippen LogP contribution < -0.4 is 10.3 Å². The largest absolute Gasteiger partial charge is 0.496 e. The van der Waals surface area contributed by atoms with Crippen molar-refractivity contribution in [1.82, 2.24) is 9.55 Å². The third kappa shape index (κ3) is 2.88. The van der Waals surface area contributed by atoms with Gasteiger partial charge in [-0.2, -0.15) is 0 Å². The first-order valence-electron chi connectivity index (χ1n) is 8.43. The van der Waals surface area contributed by atoms with Gasteiger partial charge >= 0.3 is 0 Å². The van der Waals surface area contributed by atoms with Crippen LogP contribution in [0, 0.1) is 0 Å². The van der Waals surface area contributed by atoms with E-state index >= 15 is 0 Å². The zero-order valence-electron chi connectivity index (χ0n) is 14.4. The molecule has 2 heterocycles. The van der Waals surface area contributed by atoms with Gasteiger partial charge in [0.1, 0.15) is 5.75 Å². The molecule has 0 aliphatic heterocycles. The molecule has 0 atom stereocenters. The lowest BCUT2D eigenvalue weighted by Crippen LogP contribution is -2.24. The van der Waals surface area contributed by atoms with E-state index in [-0.39, 0.29) is 5.56 Å². The number of hydrogen-bond donors (Lipinski definition) is 0. The van der Waals surface area contributed by atoms with Gasteiger partial charge in [-0.15, -0.1) is 0 Å². The van der Waals surface area contributed by atoms with Crippen molar-refractivity contribution >= 4 is 10.9 Å². The minimum absolute atomic E-state index is 0.0723. The summed E-state index contributed by atoms with van der Waals surface area (Å²) in [6, 6.07) is 18.8. The van der Waals surface area contributed by atoms with Gasteiger partial charge in [0.05, 0.1) is 24.3 Å². The molecule has 0 aliphatic rings. The zero-order valence-corrected chi connectivity index (χ0v) is 14.4. The molecule has 0 aliphatic carbocycles. The van der Waals surface area contributed by atoms with Gasteiger partial charge in [0.25, 0.3) is 5.56 Å². The maximum Gasteiger partial charge on any atom is 0.261 e. The first-order valence-corrected chi connectivity index (χ1v) is 8.43. The highest BCUT2D eigenvalue weighted by Crippen LogP contribution is 2.22. The second-order valence-corrected chi connectivity index (χ2v) is 5.95. The van der Waals surface area contributed by atoms with Crippen molar-refractivity contribution in [2.75, 3.05) is 7.11 Å². The average molecular weight is 346 g/mol. The number of methoxy groups -OCH3 is 1. The van der Waals surface area contributed by atoms with Crippen molar-refractivity contribution in [3.63, 3.8) is 0 Å². The summed E-state index contributed by atoms with van der Waals surface area (Å²) in [6.07, 6.45) is 2.24. The van der Waals surface area contributed by atoms with Crippen LogP contribution in [0.15, 0.2) is 76.1 Å². The van der Waals surface area contributed by atoms with Crippen molar-refractivity contribution in [3.8, 4) is 17.3 Å². The number of para-hydroxylation sites is 2. The average Bonchev–Trinajstić information content (AvgIpc) is 3.22. The van der Waals surface area contributed by atoms with Crippen LogP contribution in [0.4, 0.5) is 0 Å². The Kier molecular flexibility index (Phi) is 4.27. The molecule has 0 amide bonds. The smallest absolute Gasteiger partial charge is 0.261 e. The van der Waals surface area contributed by atoms with E-state index in [2.05, 4.69) is 4.98 Å². The van der Waals surface area contributed by atoms with Crippen molar-refractivity contribution < 1.29 is 9.15 Å². The first kappa shape index (κ1) is 16.1. The molecule has 5 heteroatoms. The van der Waals surface area contributed by atoms with E-state index in [1.807, 2.05) is 48.5 Å². The molecule has 130 valence electrons. The standard InChI is InChI=1S/C21H18N2O3/c1-25-18-10-5-2-7-15(18)12-13-23-20(19-11-6-14-26-19)22-17-9-4-3-8-16(17)21(23)24/h2-11,14H,12-13H2,1H3. The van der Waals surface area contributed by atoms with Gasteiger partial charge in [-0.25, -0.2) is 4.98 Å². The van der Waals surface area contributed by atoms with E-state index in [1.165, 1.54) is 0 Å². The Bertz CT molecular complexity index is 1100. The zero-order chi connectivity index (χ0) is 17.9. The number of nitrogens with zero attached hydrogens (tertiary/aromatic N) is 2. The summed E-state index contributed by atoms with van der Waals surface area (Å²) in [5, 5.41) is 0.600. The van der Waals surface area contributed by atoms with Crippen LogP contribution in [0.1, 0.15) is 5.56 Å². The summed E-state index contributed by atoms with van der Waals surface area (Å²) in [5.74, 6) is 1.93. The molecule has 26 heavy (non-hydrogen) atoms. The lowest BCUT2D eigenvalue weighted by atomic mass is 10.1. The predicted molar refractivity (Wildman–Crippen MR) is 100 cm³/mol. The maximum absolute atomic E-state index is 13.1. The molecule has 4 aromatic rings. The Labute approximate surface area is 150 Å². The number of fused-ring (bicyclic) bond motifs is 1. The van der Waals surface area contributed by atoms with Gasteiger partial charge in [-0.05, 0) is 42.3 Å². The molecule has 2 aromatic carbocycles. The van der Waals surface area contributed by atoms with Crippen molar-refractivity contribution in [1.29, 1.82) is 0 Å². The van der Waals surface area contributed by atoms with Crippen LogP contribution in [0.25, 0.3) is 22.5 Å². The van der Waals surface area contributed by atoms with Crippen LogP contribution in [0.5, 0.6) is 5.75 Å². The van der Waals surface area contributed by atoms with Gasteiger partial charge in [-0.3, -0.25) is 9.36 Å². The van der Waals surface area contributed by atoms with Gasteiger partial charge in [0.15, 0.2) is 11.6 Å². The number of aromatic nitrogens is 2. The molecule has 0 unspecified atom stereocenters. The fourth-order valence-corrected chi connectivity index (χ4v) is 3.11. The topological polar surface area (TPSA) is 57.3 Å². The molecule has 0 fully saturated rings. The van der Waals surface area contributed by atoms with Crippen LogP contribution in [0.3, 0.4) is 0 Å². The molecule has 0 radical (unpaired) electrons. The molecule has 0 N–H and O–H groups in total. The van der Waals surface area contributed by atoms with Crippen molar-refractivity contribution in [2.24, 2.45) is 0 Å². The van der Waals surface area contributed by atoms with Crippen LogP contribution in [-0.2, 0) is 13.0 Å². The SMILES string of the molecule is COc1ccccc1CCn1c(-c2ccco2)nc2ccccc2c1=O. The lowest BCUT2D eigenvalue weighted by Gasteiger charge is -2.13. The Morgan fingerprint density at radius 3 is 2.65 bits per heavy atom. The molecule has 0 spiro atoms. The number of furan rings is 1. The third-order valence-electron chi connectivity index (χ3n) is 4.40. The molecule has 0 bridgehead atoms. The van der Waals surface area contributed by atoms with Gasteiger partial charge < -0.3 is 9.15 Å². The van der Waals surface area contributed by atoms with E-state index in [0.717, 1.165) is 11.3 Å². The second kappa shape index (κ2) is 6.88. The molecule has 5 nitrogen and oxygen atoms in total. The number of benzene rings is 2. The highest BCUT2D eigenvalue weighted by molar-refractivity contribution is 5.79. The Balaban J connectivity index is 1.81. The molecular weight excluding hydrogens is 328 g/mol. The van der Waals surface area contributed by atoms with E-state index in [4.69, 9.17) is 9.15 Å². The minimum atomic E-state index is -0.0723. The quantitative estimate of drug-likeness (QED) is 0.550. The van der Waals surface area contributed by atoms with E-state index < -0.39 is 0 Å². The molecule has 0 saturated carbocycles. The maximum atomic E-state index is 13.1. The highest BCUT2D eigenvalue weighted by Gasteiger charge is 2.15. The van der Waals surface area contributed by atoms with Gasteiger partial charge in [-0.1, -0.05) is 30.3 Å². The van der Waals surface area contributed by atoms with Crippen LogP contribution in [-0.4, -0.2) is 16.7 Å². The summed E-state index contributed by atoms with van der Waals surface area (Å²) < 4.78 is 12.6. The second-order valence-electron chi connectivity index (χ2n) is 5.95. The van der Waals surface area contributed by atoms with Gasteiger partial charge in [0.2, 0.25) is 0 Å². The third-order valence-corrected chi connectivity index (χ3v) is 4.40. The molecule has 2 aromatic heterocycles. The first-order chi connectivity index (χ1) is 12.8. The molecule has 4 rings (SSSR count). The molecular formula is C21H18N2O3. The highest BCUT2D eigenvalue weighted by atomic mass is 16.5. The summed E-state index contributed by atoms with van der Waals surface area (Å²) in [7, 11) is 1.65. The number of ether oxygens (including phenoxy) is 1. The summed E-state index contributed by atoms with van der Waals surface area (Å²) in [6.45, 7) is 0.479. The number of hydrogen-bond acceptors (Lipinski definition) is 4. The Morgan fingerprint density at radius 1 is 1.04 bits per heavy atom. The molecule has 0 saturated heterocycles. The summed E-state index contributed by atoms with van der Waals surface area (Å²) in [5.41, 5.74) is 1.63. The van der Waals surface area contributed by atoms with Crippen molar-refractivity contribution in [3.05, 3.63) is 82.8 Å². The van der Waals surface area contributed by atoms with Crippen LogP contribution >= 0.6 is 0 Å². The van der Waals surface area contributed by atoms with E-state index in [0.29, 0.717) is 35.5 Å². The normalized spacial score (nSPS) is 11.0. The fourth-order valence-electron chi connectivity index (χ4n) is 3.11. The summed E-state index contributed by atoms with van der Waals surface area (Å²) >= 11 is 0. The Hall–Kier alpha value is -3.34. The lowest BCUT2D eigenvalue weighted by molar-refractivity contribution is 0.408. The predicted octanol–water partition coefficient (Wildman–Crippen LogP) is 3.91. The van der Waals surface area contributed by atoms with Gasteiger partial charge in [0, 0.05) is 6.54 Å². The number of aryl methyl sites for hydroxylation is 1. The van der Waals surface area contributed by atoms with Crippen LogP contribution in [0.2, 0.25) is 0 Å². The monoisotopic (exact) mass is 346 g/mol. The van der Waals surface area contributed by atoms with Crippen molar-refractivity contribution in [2.45, 2.75) is 13.0 Å². The number of rotatable bonds is 5. The minimum Gasteiger partial charge on any atom is -0.496 e. The van der Waals surface area contributed by atoms with E-state index in [1.54, 1.807) is 30.1 Å². The fraction of sp³-hybridized carbons (Fsp3) is 0.143. The Morgan fingerprint density at radius 2 is 1.85 bits per heavy atom.